The molecular weight excluding hydrogens is 296 g/mol. The van der Waals surface area contributed by atoms with Crippen LogP contribution >= 0.6 is 0 Å². The topological polar surface area (TPSA) is 81.3 Å². The zero-order valence-electron chi connectivity index (χ0n) is 13.3. The van der Waals surface area contributed by atoms with Gasteiger partial charge in [-0.2, -0.15) is 5.10 Å². The maximum absolute atomic E-state index is 13.0. The number of nitro groups is 1. The molecule has 0 N–H and O–H groups in total. The van der Waals surface area contributed by atoms with Gasteiger partial charge in [0, 0.05) is 18.2 Å². The first-order valence-electron chi connectivity index (χ1n) is 7.52. The number of anilines is 1. The van der Waals surface area contributed by atoms with Crippen molar-refractivity contribution in [1.29, 1.82) is 0 Å². The summed E-state index contributed by atoms with van der Waals surface area (Å²) in [6, 6.07) is 6.50. The van der Waals surface area contributed by atoms with Crippen LogP contribution in [0.25, 0.3) is 0 Å². The minimum atomic E-state index is -0.513. The summed E-state index contributed by atoms with van der Waals surface area (Å²) < 4.78 is 1.79. The molecule has 0 aliphatic carbocycles. The number of benzene rings is 1. The molecule has 1 aliphatic rings. The molecule has 2 aromatic rings. The number of nitro benzene ring substituents is 1. The van der Waals surface area contributed by atoms with Gasteiger partial charge in [0.25, 0.3) is 11.6 Å². The maximum Gasteiger partial charge on any atom is 0.282 e. The summed E-state index contributed by atoms with van der Waals surface area (Å²) >= 11 is 0. The predicted octanol–water partition coefficient (Wildman–Crippen LogP) is 3.10. The first-order chi connectivity index (χ1) is 10.9. The fraction of sp³-hybridized carbons (Fsp3) is 0.375. The van der Waals surface area contributed by atoms with Crippen LogP contribution in [0.5, 0.6) is 0 Å². The van der Waals surface area contributed by atoms with Crippen LogP contribution in [-0.2, 0) is 0 Å². The van der Waals surface area contributed by atoms with Crippen molar-refractivity contribution in [3.63, 3.8) is 0 Å². The Morgan fingerprint density at radius 1 is 1.30 bits per heavy atom. The zero-order valence-corrected chi connectivity index (χ0v) is 13.3. The minimum Gasteiger partial charge on any atom is -0.290 e. The Morgan fingerprint density at radius 2 is 2.04 bits per heavy atom. The van der Waals surface area contributed by atoms with Crippen molar-refractivity contribution in [2.45, 2.75) is 39.3 Å². The number of hydrogen-bond acceptors (Lipinski definition) is 4. The molecule has 3 rings (SSSR count). The Kier molecular flexibility index (Phi) is 3.63. The smallest absolute Gasteiger partial charge is 0.282 e. The van der Waals surface area contributed by atoms with E-state index in [4.69, 9.17) is 0 Å². The highest BCUT2D eigenvalue weighted by molar-refractivity contribution is 6.08. The summed E-state index contributed by atoms with van der Waals surface area (Å²) in [6.45, 7) is 5.81. The van der Waals surface area contributed by atoms with E-state index in [0.717, 1.165) is 12.0 Å². The van der Waals surface area contributed by atoms with Gasteiger partial charge in [0.05, 0.1) is 17.2 Å². The molecule has 1 aromatic heterocycles. The molecule has 1 aliphatic heterocycles. The summed E-state index contributed by atoms with van der Waals surface area (Å²) in [5, 5.41) is 15.5. The fourth-order valence-corrected chi connectivity index (χ4v) is 3.18. The number of amides is 1. The number of carbonyl (C=O) groups is 1. The van der Waals surface area contributed by atoms with Gasteiger partial charge in [-0.1, -0.05) is 6.07 Å². The van der Waals surface area contributed by atoms with Gasteiger partial charge in [0.1, 0.15) is 11.4 Å². The Morgan fingerprint density at radius 3 is 2.74 bits per heavy atom. The third-order valence-corrected chi connectivity index (χ3v) is 4.23. The lowest BCUT2D eigenvalue weighted by Gasteiger charge is -2.36. The van der Waals surface area contributed by atoms with Crippen LogP contribution in [-0.4, -0.2) is 26.7 Å². The molecule has 0 fully saturated rings. The highest BCUT2D eigenvalue weighted by Crippen LogP contribution is 2.33. The lowest BCUT2D eigenvalue weighted by Crippen LogP contribution is -2.45. The van der Waals surface area contributed by atoms with Gasteiger partial charge >= 0.3 is 0 Å². The Hall–Kier alpha value is -2.70. The van der Waals surface area contributed by atoms with Crippen molar-refractivity contribution < 1.29 is 9.72 Å². The van der Waals surface area contributed by atoms with Crippen LogP contribution < -0.4 is 4.90 Å². The van der Waals surface area contributed by atoms with E-state index in [1.54, 1.807) is 34.0 Å². The summed E-state index contributed by atoms with van der Waals surface area (Å²) in [5.74, 6) is 0.318. The van der Waals surface area contributed by atoms with Gasteiger partial charge in [-0.05, 0) is 38.8 Å². The number of hydrogen-bond donors (Lipinski definition) is 0. The third-order valence-electron chi connectivity index (χ3n) is 4.23. The van der Waals surface area contributed by atoms with Gasteiger partial charge in [-0.3, -0.25) is 19.8 Å². The molecule has 7 nitrogen and oxygen atoms in total. The van der Waals surface area contributed by atoms with Crippen LogP contribution in [0.4, 0.5) is 11.5 Å². The molecule has 120 valence electrons. The Bertz CT molecular complexity index is 783. The first kappa shape index (κ1) is 15.2. The van der Waals surface area contributed by atoms with E-state index in [0.29, 0.717) is 5.82 Å². The average Bonchev–Trinajstić information content (AvgIpc) is 2.96. The molecule has 0 saturated carbocycles. The SMILES string of the molecule is Cc1ccc([N+](=O)[O-])c(C(=O)N2c3ccnn3[C@H](C)C[C@@H]2C)c1. The molecule has 1 aromatic carbocycles. The Labute approximate surface area is 133 Å². The van der Waals surface area contributed by atoms with Crippen molar-refractivity contribution in [1.82, 2.24) is 9.78 Å². The lowest BCUT2D eigenvalue weighted by molar-refractivity contribution is -0.385. The molecule has 0 radical (unpaired) electrons. The van der Waals surface area contributed by atoms with Crippen molar-refractivity contribution in [2.75, 3.05) is 4.90 Å². The van der Waals surface area contributed by atoms with Crippen molar-refractivity contribution >= 4 is 17.4 Å². The van der Waals surface area contributed by atoms with Crippen LogP contribution in [0, 0.1) is 17.0 Å². The number of carbonyl (C=O) groups excluding carboxylic acids is 1. The predicted molar refractivity (Wildman–Crippen MR) is 85.7 cm³/mol. The largest absolute Gasteiger partial charge is 0.290 e. The van der Waals surface area contributed by atoms with E-state index >= 15 is 0 Å². The first-order valence-corrected chi connectivity index (χ1v) is 7.52. The van der Waals surface area contributed by atoms with E-state index in [1.807, 2.05) is 20.8 Å². The second-order valence-electron chi connectivity index (χ2n) is 6.02. The molecule has 0 spiro atoms. The Balaban J connectivity index is 2.10. The minimum absolute atomic E-state index is 0.0539. The number of rotatable bonds is 2. The maximum atomic E-state index is 13.0. The number of aromatic nitrogens is 2. The van der Waals surface area contributed by atoms with Crippen LogP contribution in [0.1, 0.15) is 42.2 Å². The molecular formula is C16H18N4O3. The normalized spacial score (nSPS) is 20.2. The van der Waals surface area contributed by atoms with Gasteiger partial charge in [-0.25, -0.2) is 4.68 Å². The summed E-state index contributed by atoms with van der Waals surface area (Å²) in [4.78, 5) is 25.4. The van der Waals surface area contributed by atoms with Crippen LogP contribution in [0.15, 0.2) is 30.5 Å². The van der Waals surface area contributed by atoms with Crippen molar-refractivity contribution in [3.05, 3.63) is 51.7 Å². The third kappa shape index (κ3) is 2.48. The number of nitrogens with zero attached hydrogens (tertiary/aromatic N) is 4. The zero-order chi connectivity index (χ0) is 16.7. The van der Waals surface area contributed by atoms with E-state index in [1.165, 1.54) is 6.07 Å². The average molecular weight is 314 g/mol. The number of fused-ring (bicyclic) bond motifs is 1. The van der Waals surface area contributed by atoms with Gasteiger partial charge < -0.3 is 0 Å². The molecule has 1 amide bonds. The molecule has 23 heavy (non-hydrogen) atoms. The molecule has 2 heterocycles. The quantitative estimate of drug-likeness (QED) is 0.630. The van der Waals surface area contributed by atoms with Crippen molar-refractivity contribution in [3.8, 4) is 0 Å². The van der Waals surface area contributed by atoms with Crippen LogP contribution in [0.2, 0.25) is 0 Å². The monoisotopic (exact) mass is 314 g/mol. The lowest BCUT2D eigenvalue weighted by atomic mass is 10.0. The fourth-order valence-electron chi connectivity index (χ4n) is 3.18. The molecule has 7 heteroatoms. The van der Waals surface area contributed by atoms with Crippen molar-refractivity contribution in [2.24, 2.45) is 0 Å². The highest BCUT2D eigenvalue weighted by Gasteiger charge is 2.35. The molecule has 0 bridgehead atoms. The summed E-state index contributed by atoms with van der Waals surface area (Å²) in [6.07, 6.45) is 2.40. The van der Waals surface area contributed by atoms with E-state index < -0.39 is 4.92 Å². The second kappa shape index (κ2) is 5.49. The highest BCUT2D eigenvalue weighted by atomic mass is 16.6. The van der Waals surface area contributed by atoms with Gasteiger partial charge in [0.15, 0.2) is 0 Å². The standard InChI is InChI=1S/C16H18N4O3/c1-10-4-5-14(20(22)23)13(8-10)16(21)18-11(2)9-12(3)19-15(18)6-7-17-19/h4-8,11-12H,9H2,1-3H3/t11-,12+/m0/s1. The molecule has 0 unspecified atom stereocenters. The van der Waals surface area contributed by atoms with Crippen LogP contribution in [0.3, 0.4) is 0 Å². The van der Waals surface area contributed by atoms with Gasteiger partial charge in [-0.15, -0.1) is 0 Å². The van der Waals surface area contributed by atoms with E-state index in [-0.39, 0.29) is 29.2 Å². The second-order valence-corrected chi connectivity index (χ2v) is 6.02. The van der Waals surface area contributed by atoms with Gasteiger partial charge in [0.2, 0.25) is 0 Å². The number of aryl methyl sites for hydroxylation is 1. The summed E-state index contributed by atoms with van der Waals surface area (Å²) in [7, 11) is 0. The molecule has 2 atom stereocenters. The van der Waals surface area contributed by atoms with E-state index in [9.17, 15) is 14.9 Å². The summed E-state index contributed by atoms with van der Waals surface area (Å²) in [5.41, 5.74) is 0.757. The molecule has 0 saturated heterocycles. The van der Waals surface area contributed by atoms with E-state index in [2.05, 4.69) is 5.10 Å².